The highest BCUT2D eigenvalue weighted by atomic mass is 16.6. The monoisotopic (exact) mass is 358 g/mol. The first-order valence-electron chi connectivity index (χ1n) is 8.35. The van der Waals surface area contributed by atoms with Crippen molar-refractivity contribution in [2.45, 2.75) is 25.0 Å². The normalized spacial score (nSPS) is 12.8. The zero-order chi connectivity index (χ0) is 18.8. The molecule has 0 unspecified atom stereocenters. The number of carbonyl (C=O) groups is 2. The average molecular weight is 358 g/mol. The summed E-state index contributed by atoms with van der Waals surface area (Å²) in [5.41, 5.74) is 1.94. The van der Waals surface area contributed by atoms with Crippen LogP contribution in [0.25, 0.3) is 0 Å². The highest BCUT2D eigenvalue weighted by Gasteiger charge is 2.32. The summed E-state index contributed by atoms with van der Waals surface area (Å²) in [6.45, 7) is 0.0748. The smallest absolute Gasteiger partial charge is 0.338 e. The molecule has 2 N–H and O–H groups in total. The van der Waals surface area contributed by atoms with Crippen LogP contribution in [0.5, 0.6) is 0 Å². The third kappa shape index (κ3) is 6.31. The number of carbonyl (C=O) groups excluding carboxylic acids is 2. The van der Waals surface area contributed by atoms with Crippen LogP contribution in [0.3, 0.4) is 0 Å². The number of hydrogen-bond donors (Lipinski definition) is 2. The van der Waals surface area contributed by atoms with Crippen LogP contribution < -0.4 is 0 Å². The van der Waals surface area contributed by atoms with E-state index in [0.717, 1.165) is 11.1 Å². The summed E-state index contributed by atoms with van der Waals surface area (Å²) in [5, 5.41) is 19.5. The molecule has 0 bridgehead atoms. The standard InChI is InChI=1S/C20H22O6/c21-17(19(23)25-13-11-15-7-3-1-4-8-15)18(22)20(24)26-14-12-16-9-5-2-6-10-16/h1-10,17-18,21-22H,11-14H2/t17-,18+. The third-order valence-electron chi connectivity index (χ3n) is 3.74. The molecular formula is C20H22O6. The topological polar surface area (TPSA) is 93.1 Å². The van der Waals surface area contributed by atoms with Crippen molar-refractivity contribution in [1.82, 2.24) is 0 Å². The van der Waals surface area contributed by atoms with Crippen LogP contribution >= 0.6 is 0 Å². The molecule has 6 heteroatoms. The molecule has 6 nitrogen and oxygen atoms in total. The second-order valence-electron chi connectivity index (χ2n) is 5.70. The minimum Gasteiger partial charge on any atom is -0.463 e. The molecular weight excluding hydrogens is 336 g/mol. The summed E-state index contributed by atoms with van der Waals surface area (Å²) in [4.78, 5) is 23.5. The van der Waals surface area contributed by atoms with E-state index in [2.05, 4.69) is 0 Å². The number of esters is 2. The van der Waals surface area contributed by atoms with Crippen molar-refractivity contribution in [3.05, 3.63) is 71.8 Å². The Labute approximate surface area is 152 Å². The lowest BCUT2D eigenvalue weighted by Crippen LogP contribution is -2.42. The maximum Gasteiger partial charge on any atom is 0.338 e. The van der Waals surface area contributed by atoms with Gasteiger partial charge in [0.25, 0.3) is 0 Å². The average Bonchev–Trinajstić information content (AvgIpc) is 2.68. The van der Waals surface area contributed by atoms with E-state index in [-0.39, 0.29) is 13.2 Å². The van der Waals surface area contributed by atoms with Gasteiger partial charge in [-0.3, -0.25) is 0 Å². The van der Waals surface area contributed by atoms with Gasteiger partial charge in [-0.2, -0.15) is 0 Å². The van der Waals surface area contributed by atoms with Crippen molar-refractivity contribution in [2.24, 2.45) is 0 Å². The van der Waals surface area contributed by atoms with Gasteiger partial charge in [-0.15, -0.1) is 0 Å². The molecule has 2 atom stereocenters. The molecule has 0 heterocycles. The van der Waals surface area contributed by atoms with E-state index in [4.69, 9.17) is 9.47 Å². The minimum absolute atomic E-state index is 0.0374. The fraction of sp³-hybridized carbons (Fsp3) is 0.300. The molecule has 0 fully saturated rings. The van der Waals surface area contributed by atoms with Gasteiger partial charge in [-0.05, 0) is 11.1 Å². The molecule has 0 saturated carbocycles. The molecule has 0 spiro atoms. The highest BCUT2D eigenvalue weighted by molar-refractivity contribution is 5.85. The van der Waals surface area contributed by atoms with Crippen LogP contribution in [0, 0.1) is 0 Å². The SMILES string of the molecule is O=C(OCCc1ccccc1)[C@@H](O)[C@@H](O)C(=O)OCCc1ccccc1. The fourth-order valence-corrected chi connectivity index (χ4v) is 2.26. The van der Waals surface area contributed by atoms with Crippen LogP contribution in [0.2, 0.25) is 0 Å². The minimum atomic E-state index is -1.98. The molecule has 2 rings (SSSR count). The number of aliphatic hydroxyl groups excluding tert-OH is 2. The molecule has 0 amide bonds. The van der Waals surface area contributed by atoms with E-state index in [9.17, 15) is 19.8 Å². The van der Waals surface area contributed by atoms with Crippen molar-refractivity contribution >= 4 is 11.9 Å². The molecule has 0 aromatic heterocycles. The van der Waals surface area contributed by atoms with E-state index >= 15 is 0 Å². The van der Waals surface area contributed by atoms with Gasteiger partial charge in [0.05, 0.1) is 13.2 Å². The second-order valence-corrected chi connectivity index (χ2v) is 5.70. The lowest BCUT2D eigenvalue weighted by molar-refractivity contribution is -0.173. The molecule has 0 aliphatic carbocycles. The van der Waals surface area contributed by atoms with Gasteiger partial charge < -0.3 is 19.7 Å². The maximum atomic E-state index is 11.7. The van der Waals surface area contributed by atoms with E-state index in [1.54, 1.807) is 0 Å². The van der Waals surface area contributed by atoms with E-state index in [0.29, 0.717) is 12.8 Å². The van der Waals surface area contributed by atoms with Crippen molar-refractivity contribution in [2.75, 3.05) is 13.2 Å². The number of ether oxygens (including phenoxy) is 2. The van der Waals surface area contributed by atoms with Gasteiger partial charge >= 0.3 is 11.9 Å². The van der Waals surface area contributed by atoms with Crippen LogP contribution in [0.15, 0.2) is 60.7 Å². The molecule has 0 aliphatic rings. The molecule has 0 saturated heterocycles. The summed E-state index contributed by atoms with van der Waals surface area (Å²) in [5.74, 6) is -2.12. The van der Waals surface area contributed by atoms with Gasteiger partial charge in [0, 0.05) is 12.8 Å². The Morgan fingerprint density at radius 2 is 1.04 bits per heavy atom. The summed E-state index contributed by atoms with van der Waals surface area (Å²) >= 11 is 0. The van der Waals surface area contributed by atoms with Crippen molar-refractivity contribution in [3.63, 3.8) is 0 Å². The number of aliphatic hydroxyl groups is 2. The second kappa shape index (κ2) is 10.3. The first kappa shape index (κ1) is 19.6. The Morgan fingerprint density at radius 3 is 1.38 bits per heavy atom. The van der Waals surface area contributed by atoms with E-state index < -0.39 is 24.1 Å². The first-order valence-corrected chi connectivity index (χ1v) is 8.35. The van der Waals surface area contributed by atoms with Gasteiger partial charge in [-0.1, -0.05) is 60.7 Å². The lowest BCUT2D eigenvalue weighted by atomic mass is 10.1. The molecule has 0 radical (unpaired) electrons. The molecule has 2 aromatic carbocycles. The van der Waals surface area contributed by atoms with Gasteiger partial charge in [-0.25, -0.2) is 9.59 Å². The summed E-state index contributed by atoms with van der Waals surface area (Å²) in [6, 6.07) is 18.7. The number of rotatable bonds is 9. The van der Waals surface area contributed by atoms with Gasteiger partial charge in [0.15, 0.2) is 12.2 Å². The molecule has 2 aromatic rings. The Morgan fingerprint density at radius 1 is 0.692 bits per heavy atom. The molecule has 26 heavy (non-hydrogen) atoms. The van der Waals surface area contributed by atoms with Crippen LogP contribution in [-0.4, -0.2) is 47.6 Å². The van der Waals surface area contributed by atoms with E-state index in [1.807, 2.05) is 60.7 Å². The lowest BCUT2D eigenvalue weighted by Gasteiger charge is -2.16. The highest BCUT2D eigenvalue weighted by Crippen LogP contribution is 2.05. The van der Waals surface area contributed by atoms with Crippen LogP contribution in [0.1, 0.15) is 11.1 Å². The Bertz CT molecular complexity index is 624. The summed E-state index contributed by atoms with van der Waals surface area (Å²) in [6.07, 6.45) is -3.02. The first-order chi connectivity index (χ1) is 12.6. The maximum absolute atomic E-state index is 11.7. The number of hydrogen-bond acceptors (Lipinski definition) is 6. The Balaban J connectivity index is 1.69. The quantitative estimate of drug-likeness (QED) is 0.656. The van der Waals surface area contributed by atoms with Crippen molar-refractivity contribution in [3.8, 4) is 0 Å². The predicted octanol–water partition coefficient (Wildman–Crippen LogP) is 1.28. The summed E-state index contributed by atoms with van der Waals surface area (Å²) < 4.78 is 9.79. The van der Waals surface area contributed by atoms with Crippen LogP contribution in [0.4, 0.5) is 0 Å². The Kier molecular flexibility index (Phi) is 7.79. The van der Waals surface area contributed by atoms with Crippen LogP contribution in [-0.2, 0) is 31.9 Å². The largest absolute Gasteiger partial charge is 0.463 e. The molecule has 138 valence electrons. The molecule has 0 aliphatic heterocycles. The summed E-state index contributed by atoms with van der Waals surface area (Å²) in [7, 11) is 0. The van der Waals surface area contributed by atoms with Gasteiger partial charge in [0.1, 0.15) is 0 Å². The predicted molar refractivity (Wildman–Crippen MR) is 94.2 cm³/mol. The van der Waals surface area contributed by atoms with E-state index in [1.165, 1.54) is 0 Å². The fourth-order valence-electron chi connectivity index (χ4n) is 2.26. The third-order valence-corrected chi connectivity index (χ3v) is 3.74. The zero-order valence-corrected chi connectivity index (χ0v) is 14.3. The zero-order valence-electron chi connectivity index (χ0n) is 14.3. The van der Waals surface area contributed by atoms with Crippen molar-refractivity contribution < 1.29 is 29.3 Å². The Hall–Kier alpha value is -2.70. The number of benzene rings is 2. The van der Waals surface area contributed by atoms with Gasteiger partial charge in [0.2, 0.25) is 0 Å². The van der Waals surface area contributed by atoms with Crippen molar-refractivity contribution in [1.29, 1.82) is 0 Å².